The molecule has 2 heterocycles. The summed E-state index contributed by atoms with van der Waals surface area (Å²) in [4.78, 5) is 11.8. The van der Waals surface area contributed by atoms with E-state index in [1.165, 1.54) is 11.3 Å². The zero-order valence-electron chi connectivity index (χ0n) is 4.98. The average Bonchev–Trinajstić information content (AvgIpc) is 2.21. The molecule has 1 amide bonds. The van der Waals surface area contributed by atoms with E-state index < -0.39 is 0 Å². The molecule has 0 spiro atoms. The lowest BCUT2D eigenvalue weighted by atomic mass is 10.4. The molecule has 52 valence electrons. The van der Waals surface area contributed by atoms with Gasteiger partial charge in [-0.2, -0.15) is 0 Å². The fourth-order valence-corrected chi connectivity index (χ4v) is 2.20. The van der Waals surface area contributed by atoms with Crippen LogP contribution in [0.1, 0.15) is 4.88 Å². The molecule has 0 bridgehead atoms. The Labute approximate surface area is 66.8 Å². The first-order valence-corrected chi connectivity index (χ1v) is 4.03. The van der Waals surface area contributed by atoms with Crippen LogP contribution in [-0.2, 0) is 11.2 Å². The van der Waals surface area contributed by atoms with Crippen LogP contribution in [0.5, 0.6) is 0 Å². The fourth-order valence-electron chi connectivity index (χ4n) is 0.973. The number of amides is 1. The monoisotopic (exact) mass is 173 g/mol. The molecule has 0 aromatic carbocycles. The highest BCUT2D eigenvalue weighted by atomic mass is 35.5. The number of fused-ring (bicyclic) bond motifs is 1. The largest absolute Gasteiger partial charge is 0.325 e. The van der Waals surface area contributed by atoms with E-state index >= 15 is 0 Å². The highest BCUT2D eigenvalue weighted by molar-refractivity contribution is 7.17. The Morgan fingerprint density at radius 2 is 2.50 bits per heavy atom. The van der Waals surface area contributed by atoms with Crippen molar-refractivity contribution in [2.24, 2.45) is 0 Å². The van der Waals surface area contributed by atoms with Gasteiger partial charge in [-0.05, 0) is 6.07 Å². The number of hydrogen-bond acceptors (Lipinski definition) is 2. The molecule has 1 aromatic rings. The molecular formula is C6H4ClNOS. The van der Waals surface area contributed by atoms with Crippen molar-refractivity contribution in [1.82, 2.24) is 0 Å². The molecule has 0 radical (unpaired) electrons. The van der Waals surface area contributed by atoms with Crippen LogP contribution in [0, 0.1) is 0 Å². The van der Waals surface area contributed by atoms with Crippen molar-refractivity contribution in [2.75, 3.05) is 5.32 Å². The van der Waals surface area contributed by atoms with E-state index in [-0.39, 0.29) is 5.91 Å². The van der Waals surface area contributed by atoms with Gasteiger partial charge >= 0.3 is 0 Å². The second-order valence-electron chi connectivity index (χ2n) is 2.11. The van der Waals surface area contributed by atoms with Gasteiger partial charge in [0.05, 0.1) is 16.4 Å². The van der Waals surface area contributed by atoms with Crippen molar-refractivity contribution in [3.63, 3.8) is 0 Å². The van der Waals surface area contributed by atoms with E-state index in [2.05, 4.69) is 5.32 Å². The van der Waals surface area contributed by atoms with Crippen molar-refractivity contribution in [3.8, 4) is 0 Å². The van der Waals surface area contributed by atoms with Crippen LogP contribution < -0.4 is 5.32 Å². The number of anilines is 1. The normalized spacial score (nSPS) is 15.1. The Morgan fingerprint density at radius 3 is 3.20 bits per heavy atom. The van der Waals surface area contributed by atoms with Gasteiger partial charge < -0.3 is 5.32 Å². The third kappa shape index (κ3) is 0.822. The summed E-state index contributed by atoms with van der Waals surface area (Å²) < 4.78 is 0.741. The SMILES string of the molecule is O=C1Cc2sc(Cl)cc2N1. The minimum Gasteiger partial charge on any atom is -0.325 e. The van der Waals surface area contributed by atoms with Crippen molar-refractivity contribution < 1.29 is 4.79 Å². The van der Waals surface area contributed by atoms with Gasteiger partial charge in [0.1, 0.15) is 0 Å². The van der Waals surface area contributed by atoms with Crippen molar-refractivity contribution in [1.29, 1.82) is 0 Å². The maximum Gasteiger partial charge on any atom is 0.229 e. The Balaban J connectivity index is 2.47. The van der Waals surface area contributed by atoms with E-state index in [4.69, 9.17) is 11.6 Å². The molecule has 0 fully saturated rings. The summed E-state index contributed by atoms with van der Waals surface area (Å²) in [6.07, 6.45) is 0.493. The second kappa shape index (κ2) is 1.97. The van der Waals surface area contributed by atoms with Crippen LogP contribution >= 0.6 is 22.9 Å². The lowest BCUT2D eigenvalue weighted by Crippen LogP contribution is -2.03. The molecule has 0 unspecified atom stereocenters. The number of carbonyl (C=O) groups is 1. The minimum atomic E-state index is 0.0675. The number of hydrogen-bond donors (Lipinski definition) is 1. The number of thiophene rings is 1. The number of halogens is 1. The van der Waals surface area contributed by atoms with E-state index in [0.29, 0.717) is 6.42 Å². The zero-order chi connectivity index (χ0) is 7.14. The lowest BCUT2D eigenvalue weighted by Gasteiger charge is -1.86. The first kappa shape index (κ1) is 6.19. The molecule has 0 aliphatic carbocycles. The van der Waals surface area contributed by atoms with E-state index in [0.717, 1.165) is 14.9 Å². The van der Waals surface area contributed by atoms with Crippen LogP contribution in [0.4, 0.5) is 5.69 Å². The Hall–Kier alpha value is -0.540. The molecule has 1 aromatic heterocycles. The minimum absolute atomic E-state index is 0.0675. The Bertz CT molecular complexity index is 268. The number of rotatable bonds is 0. The maximum absolute atomic E-state index is 10.7. The van der Waals surface area contributed by atoms with Gasteiger partial charge in [0.2, 0.25) is 5.91 Å². The quantitative estimate of drug-likeness (QED) is 0.638. The van der Waals surface area contributed by atoms with E-state index in [1.54, 1.807) is 6.07 Å². The summed E-state index contributed by atoms with van der Waals surface area (Å²) in [6, 6.07) is 1.78. The first-order chi connectivity index (χ1) is 4.75. The van der Waals surface area contributed by atoms with Crippen LogP contribution in [0.15, 0.2) is 6.07 Å². The standard InChI is InChI=1S/C6H4ClNOS/c7-5-1-3-4(10-5)2-6(9)8-3/h1H,2H2,(H,8,9). The summed E-state index contributed by atoms with van der Waals surface area (Å²) >= 11 is 7.16. The Morgan fingerprint density at radius 1 is 1.70 bits per heavy atom. The molecular weight excluding hydrogens is 170 g/mol. The van der Waals surface area contributed by atoms with Gasteiger partial charge in [-0.1, -0.05) is 11.6 Å². The average molecular weight is 174 g/mol. The number of carbonyl (C=O) groups excluding carboxylic acids is 1. The third-order valence-corrected chi connectivity index (χ3v) is 2.64. The summed E-state index contributed by atoms with van der Waals surface area (Å²) in [5.41, 5.74) is 0.889. The predicted molar refractivity (Wildman–Crippen MR) is 41.7 cm³/mol. The molecule has 0 saturated carbocycles. The van der Waals surface area contributed by atoms with Crippen molar-refractivity contribution >= 4 is 34.5 Å². The lowest BCUT2D eigenvalue weighted by molar-refractivity contribution is -0.115. The van der Waals surface area contributed by atoms with Crippen LogP contribution in [0.2, 0.25) is 4.34 Å². The maximum atomic E-state index is 10.7. The van der Waals surface area contributed by atoms with E-state index in [1.807, 2.05) is 0 Å². The van der Waals surface area contributed by atoms with Crippen molar-refractivity contribution in [3.05, 3.63) is 15.3 Å². The van der Waals surface area contributed by atoms with Gasteiger partial charge in [-0.15, -0.1) is 11.3 Å². The number of nitrogens with one attached hydrogen (secondary N) is 1. The van der Waals surface area contributed by atoms with Gasteiger partial charge in [0.25, 0.3) is 0 Å². The highest BCUT2D eigenvalue weighted by Gasteiger charge is 2.19. The summed E-state index contributed by atoms with van der Waals surface area (Å²) in [6.45, 7) is 0. The topological polar surface area (TPSA) is 29.1 Å². The van der Waals surface area contributed by atoms with E-state index in [9.17, 15) is 4.79 Å². The molecule has 1 aliphatic rings. The predicted octanol–water partition coefficient (Wildman–Crippen LogP) is 1.90. The molecule has 2 nitrogen and oxygen atoms in total. The molecule has 1 aliphatic heterocycles. The molecule has 0 atom stereocenters. The van der Waals surface area contributed by atoms with Gasteiger partial charge in [-0.3, -0.25) is 4.79 Å². The van der Waals surface area contributed by atoms with Gasteiger partial charge in [0, 0.05) is 4.88 Å². The van der Waals surface area contributed by atoms with Crippen molar-refractivity contribution in [2.45, 2.75) is 6.42 Å². The molecule has 2 rings (SSSR count). The molecule has 1 N–H and O–H groups in total. The van der Waals surface area contributed by atoms with Gasteiger partial charge in [-0.25, -0.2) is 0 Å². The van der Waals surface area contributed by atoms with Gasteiger partial charge in [0.15, 0.2) is 0 Å². The molecule has 0 saturated heterocycles. The van der Waals surface area contributed by atoms with Crippen LogP contribution in [0.3, 0.4) is 0 Å². The zero-order valence-corrected chi connectivity index (χ0v) is 6.55. The second-order valence-corrected chi connectivity index (χ2v) is 3.88. The fraction of sp³-hybridized carbons (Fsp3) is 0.167. The highest BCUT2D eigenvalue weighted by Crippen LogP contribution is 2.34. The van der Waals surface area contributed by atoms with Crippen LogP contribution in [-0.4, -0.2) is 5.91 Å². The first-order valence-electron chi connectivity index (χ1n) is 2.84. The third-order valence-electron chi connectivity index (χ3n) is 1.37. The smallest absolute Gasteiger partial charge is 0.229 e. The van der Waals surface area contributed by atoms with Crippen LogP contribution in [0.25, 0.3) is 0 Å². The molecule has 4 heteroatoms. The Kier molecular flexibility index (Phi) is 1.22. The summed E-state index contributed by atoms with van der Waals surface area (Å²) in [5, 5.41) is 2.71. The molecule has 10 heavy (non-hydrogen) atoms. The summed E-state index contributed by atoms with van der Waals surface area (Å²) in [5.74, 6) is 0.0675. The summed E-state index contributed by atoms with van der Waals surface area (Å²) in [7, 11) is 0.